The van der Waals surface area contributed by atoms with Crippen molar-refractivity contribution in [3.8, 4) is 0 Å². The van der Waals surface area contributed by atoms with Gasteiger partial charge in [-0.05, 0) is 12.0 Å². The molecule has 2 rings (SSSR count). The Morgan fingerprint density at radius 1 is 1.33 bits per heavy atom. The molecule has 18 heavy (non-hydrogen) atoms. The maximum atomic E-state index is 7.58. The van der Waals surface area contributed by atoms with Crippen LogP contribution in [0.3, 0.4) is 0 Å². The molecular formula is C12H16N6. The lowest BCUT2D eigenvalue weighted by Gasteiger charge is -2.05. The number of benzene rings is 1. The summed E-state index contributed by atoms with van der Waals surface area (Å²) in [4.78, 5) is 0. The van der Waals surface area contributed by atoms with E-state index in [1.54, 1.807) is 0 Å². The molecule has 0 spiro atoms. The lowest BCUT2D eigenvalue weighted by Crippen LogP contribution is -2.22. The zero-order valence-corrected chi connectivity index (χ0v) is 10.1. The van der Waals surface area contributed by atoms with Crippen molar-refractivity contribution in [3.05, 3.63) is 34.9 Å². The Morgan fingerprint density at radius 2 is 2.06 bits per heavy atom. The Balaban J connectivity index is 2.54. The molecule has 0 aliphatic heterocycles. The Bertz CT molecular complexity index is 554. The van der Waals surface area contributed by atoms with Gasteiger partial charge in [0.25, 0.3) is 0 Å². The van der Waals surface area contributed by atoms with Gasteiger partial charge in [0.1, 0.15) is 5.84 Å². The van der Waals surface area contributed by atoms with Crippen molar-refractivity contribution in [3.63, 3.8) is 0 Å². The van der Waals surface area contributed by atoms with E-state index < -0.39 is 0 Å². The van der Waals surface area contributed by atoms with Gasteiger partial charge < -0.3 is 17.2 Å². The van der Waals surface area contributed by atoms with Crippen LogP contribution in [-0.4, -0.2) is 17.5 Å². The largest absolute Gasteiger partial charge is 0.384 e. The van der Waals surface area contributed by atoms with E-state index in [1.807, 2.05) is 25.1 Å². The third kappa shape index (κ3) is 2.04. The molecule has 1 aromatic rings. The summed E-state index contributed by atoms with van der Waals surface area (Å²) in [6.45, 7) is 2.05. The minimum absolute atomic E-state index is 0.0640. The van der Waals surface area contributed by atoms with Crippen molar-refractivity contribution in [1.82, 2.24) is 0 Å². The van der Waals surface area contributed by atoms with Crippen LogP contribution >= 0.6 is 0 Å². The standard InChI is InChI=1S/C12H16N6/c1-6-5-9-7(10(6)17-18-12(15)16)3-2-4-8(9)11(13)14/h2-4,6H,5H2,1H3,(H3,13,14)(H4,15,16,18)/b17-10-. The minimum Gasteiger partial charge on any atom is -0.384 e. The Hall–Kier alpha value is -2.37. The van der Waals surface area contributed by atoms with E-state index in [0.717, 1.165) is 28.8 Å². The van der Waals surface area contributed by atoms with Crippen LogP contribution in [0.1, 0.15) is 23.6 Å². The average molecular weight is 244 g/mol. The zero-order valence-electron chi connectivity index (χ0n) is 10.1. The number of guanidine groups is 1. The third-order valence-corrected chi connectivity index (χ3v) is 2.99. The maximum Gasteiger partial charge on any atom is 0.211 e. The molecule has 6 heteroatoms. The van der Waals surface area contributed by atoms with Gasteiger partial charge in [0.15, 0.2) is 0 Å². The fraction of sp³-hybridized carbons (Fsp3) is 0.250. The SMILES string of the molecule is CC1Cc2c(C(=N)N)cccc2/C1=N\N=C(N)N. The van der Waals surface area contributed by atoms with E-state index in [0.29, 0.717) is 0 Å². The molecule has 0 bridgehead atoms. The molecule has 1 aromatic carbocycles. The number of nitrogens with zero attached hydrogens (tertiary/aromatic N) is 2. The first-order valence-electron chi connectivity index (χ1n) is 5.64. The quantitative estimate of drug-likeness (QED) is 0.335. The van der Waals surface area contributed by atoms with Crippen molar-refractivity contribution in [2.75, 3.05) is 0 Å². The summed E-state index contributed by atoms with van der Waals surface area (Å²) < 4.78 is 0. The number of nitrogens with one attached hydrogen (secondary N) is 1. The molecule has 7 N–H and O–H groups in total. The molecular weight excluding hydrogens is 228 g/mol. The highest BCUT2D eigenvalue weighted by molar-refractivity contribution is 6.09. The number of amidine groups is 1. The van der Waals surface area contributed by atoms with Crippen LogP contribution < -0.4 is 17.2 Å². The van der Waals surface area contributed by atoms with E-state index in [4.69, 9.17) is 22.6 Å². The fourth-order valence-electron chi connectivity index (χ4n) is 2.23. The number of rotatable bonds is 2. The van der Waals surface area contributed by atoms with Crippen molar-refractivity contribution in [2.24, 2.45) is 33.3 Å². The molecule has 0 amide bonds. The summed E-state index contributed by atoms with van der Waals surface area (Å²) in [7, 11) is 0. The molecule has 1 aliphatic rings. The van der Waals surface area contributed by atoms with Crippen molar-refractivity contribution >= 4 is 17.5 Å². The van der Waals surface area contributed by atoms with Gasteiger partial charge in [-0.15, -0.1) is 5.10 Å². The van der Waals surface area contributed by atoms with Gasteiger partial charge in [0.05, 0.1) is 5.71 Å². The van der Waals surface area contributed by atoms with Gasteiger partial charge in [0.2, 0.25) is 5.96 Å². The first-order valence-corrected chi connectivity index (χ1v) is 5.64. The number of hydrogen-bond donors (Lipinski definition) is 4. The van der Waals surface area contributed by atoms with Gasteiger partial charge in [0, 0.05) is 17.0 Å². The van der Waals surface area contributed by atoms with Gasteiger partial charge >= 0.3 is 0 Å². The number of fused-ring (bicyclic) bond motifs is 1. The van der Waals surface area contributed by atoms with Gasteiger partial charge in [-0.1, -0.05) is 25.1 Å². The topological polar surface area (TPSA) is 127 Å². The summed E-state index contributed by atoms with van der Waals surface area (Å²) in [5, 5.41) is 15.4. The Labute approximate surface area is 105 Å². The highest BCUT2D eigenvalue weighted by Gasteiger charge is 2.27. The summed E-state index contributed by atoms with van der Waals surface area (Å²) >= 11 is 0. The average Bonchev–Trinajstić information content (AvgIpc) is 2.61. The molecule has 0 aromatic heterocycles. The highest BCUT2D eigenvalue weighted by atomic mass is 15.3. The molecule has 0 fully saturated rings. The third-order valence-electron chi connectivity index (χ3n) is 2.99. The summed E-state index contributed by atoms with van der Waals surface area (Å²) in [6.07, 6.45) is 0.796. The summed E-state index contributed by atoms with van der Waals surface area (Å²) in [5.74, 6) is 0.219. The zero-order chi connectivity index (χ0) is 13.3. The van der Waals surface area contributed by atoms with E-state index in [1.165, 1.54) is 0 Å². The van der Waals surface area contributed by atoms with E-state index >= 15 is 0 Å². The van der Waals surface area contributed by atoms with Crippen molar-refractivity contribution in [2.45, 2.75) is 13.3 Å². The molecule has 6 nitrogen and oxygen atoms in total. The second kappa shape index (κ2) is 4.48. The van der Waals surface area contributed by atoms with Crippen LogP contribution in [-0.2, 0) is 6.42 Å². The van der Waals surface area contributed by atoms with Crippen LogP contribution in [0, 0.1) is 11.3 Å². The minimum atomic E-state index is -0.0640. The molecule has 0 heterocycles. The van der Waals surface area contributed by atoms with Crippen LogP contribution in [0.2, 0.25) is 0 Å². The maximum absolute atomic E-state index is 7.58. The number of nitrogens with two attached hydrogens (primary N) is 3. The highest BCUT2D eigenvalue weighted by Crippen LogP contribution is 2.29. The smallest absolute Gasteiger partial charge is 0.211 e. The first kappa shape index (κ1) is 12.1. The van der Waals surface area contributed by atoms with E-state index in [2.05, 4.69) is 10.2 Å². The molecule has 94 valence electrons. The molecule has 0 saturated carbocycles. The second-order valence-electron chi connectivity index (χ2n) is 4.36. The van der Waals surface area contributed by atoms with E-state index in [-0.39, 0.29) is 17.7 Å². The van der Waals surface area contributed by atoms with Crippen LogP contribution in [0.4, 0.5) is 0 Å². The summed E-state index contributed by atoms with van der Waals surface area (Å²) in [6, 6.07) is 5.66. The van der Waals surface area contributed by atoms with Gasteiger partial charge in [-0.25, -0.2) is 0 Å². The lowest BCUT2D eigenvalue weighted by molar-refractivity contribution is 0.795. The second-order valence-corrected chi connectivity index (χ2v) is 4.36. The van der Waals surface area contributed by atoms with Crippen LogP contribution in [0.15, 0.2) is 28.4 Å². The summed E-state index contributed by atoms with van der Waals surface area (Å²) in [5.41, 5.74) is 19.7. The van der Waals surface area contributed by atoms with Gasteiger partial charge in [-0.2, -0.15) is 5.10 Å². The van der Waals surface area contributed by atoms with Crippen LogP contribution in [0.25, 0.3) is 0 Å². The fourth-order valence-corrected chi connectivity index (χ4v) is 2.23. The molecule has 1 atom stereocenters. The van der Waals surface area contributed by atoms with Crippen LogP contribution in [0.5, 0.6) is 0 Å². The van der Waals surface area contributed by atoms with Gasteiger partial charge in [-0.3, -0.25) is 5.41 Å². The van der Waals surface area contributed by atoms with Crippen molar-refractivity contribution in [1.29, 1.82) is 5.41 Å². The molecule has 0 saturated heterocycles. The first-order chi connectivity index (χ1) is 8.50. The van der Waals surface area contributed by atoms with E-state index in [9.17, 15) is 0 Å². The number of hydrogen-bond acceptors (Lipinski definition) is 3. The Morgan fingerprint density at radius 3 is 2.67 bits per heavy atom. The van der Waals surface area contributed by atoms with Crippen molar-refractivity contribution < 1.29 is 0 Å². The predicted molar refractivity (Wildman–Crippen MR) is 72.7 cm³/mol. The molecule has 1 aliphatic carbocycles. The molecule has 0 radical (unpaired) electrons. The normalized spacial score (nSPS) is 19.6. The lowest BCUT2D eigenvalue weighted by atomic mass is 10.0. The number of nitrogen functional groups attached to an aromatic ring is 1. The predicted octanol–water partition coefficient (Wildman–Crippen LogP) is 0.140. The monoisotopic (exact) mass is 244 g/mol. The molecule has 1 unspecified atom stereocenters. The Kier molecular flexibility index (Phi) is 3.01.